The summed E-state index contributed by atoms with van der Waals surface area (Å²) in [6, 6.07) is 9.04. The predicted molar refractivity (Wildman–Crippen MR) is 78.2 cm³/mol. The van der Waals surface area contributed by atoms with Gasteiger partial charge in [0.25, 0.3) is 0 Å². The molecule has 0 saturated carbocycles. The standard InChI is InChI=1S/C14H14Cl2N2O/c1-2-17-8-10-7-12(16)14(18-9-10)19-13-6-4-3-5-11(13)15/h3-7,9,17H,2,8H2,1H3. The van der Waals surface area contributed by atoms with Crippen LogP contribution in [0.4, 0.5) is 0 Å². The summed E-state index contributed by atoms with van der Waals surface area (Å²) >= 11 is 12.2. The number of nitrogens with one attached hydrogen (secondary N) is 1. The lowest BCUT2D eigenvalue weighted by Crippen LogP contribution is -2.11. The van der Waals surface area contributed by atoms with Gasteiger partial charge in [0.2, 0.25) is 5.88 Å². The molecule has 1 aromatic heterocycles. The lowest BCUT2D eigenvalue weighted by atomic mass is 10.3. The number of benzene rings is 1. The van der Waals surface area contributed by atoms with Crippen molar-refractivity contribution in [3.63, 3.8) is 0 Å². The Balaban J connectivity index is 2.15. The first kappa shape index (κ1) is 14.1. The fourth-order valence-electron chi connectivity index (χ4n) is 1.54. The van der Waals surface area contributed by atoms with E-state index in [4.69, 9.17) is 27.9 Å². The van der Waals surface area contributed by atoms with E-state index in [1.165, 1.54) is 0 Å². The molecule has 19 heavy (non-hydrogen) atoms. The van der Waals surface area contributed by atoms with Gasteiger partial charge in [-0.25, -0.2) is 4.98 Å². The van der Waals surface area contributed by atoms with Crippen LogP contribution >= 0.6 is 23.2 Å². The van der Waals surface area contributed by atoms with Crippen molar-refractivity contribution in [1.29, 1.82) is 0 Å². The van der Waals surface area contributed by atoms with Crippen LogP contribution in [0.25, 0.3) is 0 Å². The Kier molecular flexibility index (Phi) is 5.02. The summed E-state index contributed by atoms with van der Waals surface area (Å²) < 4.78 is 5.60. The Morgan fingerprint density at radius 3 is 2.68 bits per heavy atom. The van der Waals surface area contributed by atoms with Crippen LogP contribution in [0.5, 0.6) is 11.6 Å². The average molecular weight is 297 g/mol. The van der Waals surface area contributed by atoms with E-state index in [1.807, 2.05) is 25.1 Å². The average Bonchev–Trinajstić information content (AvgIpc) is 2.41. The van der Waals surface area contributed by atoms with Gasteiger partial charge in [-0.2, -0.15) is 0 Å². The SMILES string of the molecule is CCNCc1cnc(Oc2ccccc2Cl)c(Cl)c1. The Morgan fingerprint density at radius 1 is 1.21 bits per heavy atom. The number of rotatable bonds is 5. The van der Waals surface area contributed by atoms with Gasteiger partial charge in [-0.1, -0.05) is 42.3 Å². The second-order valence-electron chi connectivity index (χ2n) is 3.94. The van der Waals surface area contributed by atoms with E-state index in [1.54, 1.807) is 18.3 Å². The largest absolute Gasteiger partial charge is 0.436 e. The van der Waals surface area contributed by atoms with E-state index in [2.05, 4.69) is 10.3 Å². The van der Waals surface area contributed by atoms with Crippen LogP contribution in [0.15, 0.2) is 36.5 Å². The normalized spacial score (nSPS) is 10.5. The molecular formula is C14H14Cl2N2O. The molecule has 2 rings (SSSR count). The lowest BCUT2D eigenvalue weighted by molar-refractivity contribution is 0.463. The molecule has 1 N–H and O–H groups in total. The number of para-hydroxylation sites is 1. The van der Waals surface area contributed by atoms with Crippen LogP contribution in [-0.2, 0) is 6.54 Å². The molecule has 0 atom stereocenters. The number of hydrogen-bond acceptors (Lipinski definition) is 3. The zero-order valence-electron chi connectivity index (χ0n) is 10.5. The highest BCUT2D eigenvalue weighted by Gasteiger charge is 2.08. The lowest BCUT2D eigenvalue weighted by Gasteiger charge is -2.09. The topological polar surface area (TPSA) is 34.2 Å². The molecule has 2 aromatic rings. The Bertz CT molecular complexity index is 561. The van der Waals surface area contributed by atoms with E-state index in [-0.39, 0.29) is 0 Å². The fourth-order valence-corrected chi connectivity index (χ4v) is 1.94. The minimum Gasteiger partial charge on any atom is -0.436 e. The third kappa shape index (κ3) is 3.83. The van der Waals surface area contributed by atoms with Crippen molar-refractivity contribution >= 4 is 23.2 Å². The van der Waals surface area contributed by atoms with Crippen LogP contribution in [0, 0.1) is 0 Å². The highest BCUT2D eigenvalue weighted by molar-refractivity contribution is 6.32. The Morgan fingerprint density at radius 2 is 2.00 bits per heavy atom. The molecule has 0 aliphatic heterocycles. The van der Waals surface area contributed by atoms with Gasteiger partial charge in [-0.05, 0) is 30.3 Å². The molecule has 0 aliphatic carbocycles. The maximum absolute atomic E-state index is 6.15. The van der Waals surface area contributed by atoms with Crippen molar-refractivity contribution < 1.29 is 4.74 Å². The first-order valence-corrected chi connectivity index (χ1v) is 6.74. The summed E-state index contributed by atoms with van der Waals surface area (Å²) in [5.74, 6) is 0.896. The summed E-state index contributed by atoms with van der Waals surface area (Å²) in [5, 5.41) is 4.20. The molecule has 0 bridgehead atoms. The second-order valence-corrected chi connectivity index (χ2v) is 4.76. The van der Waals surface area contributed by atoms with Gasteiger partial charge in [-0.15, -0.1) is 0 Å². The van der Waals surface area contributed by atoms with Crippen LogP contribution in [0.1, 0.15) is 12.5 Å². The van der Waals surface area contributed by atoms with Gasteiger partial charge in [-0.3, -0.25) is 0 Å². The van der Waals surface area contributed by atoms with Crippen LogP contribution in [-0.4, -0.2) is 11.5 Å². The van der Waals surface area contributed by atoms with Gasteiger partial charge < -0.3 is 10.1 Å². The molecule has 0 aliphatic rings. The minimum atomic E-state index is 0.356. The van der Waals surface area contributed by atoms with E-state index >= 15 is 0 Å². The third-order valence-corrected chi connectivity index (χ3v) is 3.07. The van der Waals surface area contributed by atoms with E-state index in [9.17, 15) is 0 Å². The summed E-state index contributed by atoms with van der Waals surface area (Å²) in [7, 11) is 0. The number of ether oxygens (including phenoxy) is 1. The molecule has 0 radical (unpaired) electrons. The summed E-state index contributed by atoms with van der Waals surface area (Å²) in [4.78, 5) is 4.21. The molecule has 100 valence electrons. The van der Waals surface area contributed by atoms with Crippen LogP contribution in [0.2, 0.25) is 10.0 Å². The van der Waals surface area contributed by atoms with E-state index in [0.717, 1.165) is 18.7 Å². The molecule has 0 fully saturated rings. The highest BCUT2D eigenvalue weighted by Crippen LogP contribution is 2.31. The monoisotopic (exact) mass is 296 g/mol. The minimum absolute atomic E-state index is 0.356. The summed E-state index contributed by atoms with van der Waals surface area (Å²) in [6.07, 6.45) is 1.74. The maximum Gasteiger partial charge on any atom is 0.238 e. The molecule has 0 unspecified atom stereocenters. The fraction of sp³-hybridized carbons (Fsp3) is 0.214. The van der Waals surface area contributed by atoms with Gasteiger partial charge in [0, 0.05) is 12.7 Å². The quantitative estimate of drug-likeness (QED) is 0.894. The molecule has 5 heteroatoms. The first-order chi connectivity index (χ1) is 9.20. The van der Waals surface area contributed by atoms with Gasteiger partial charge in [0.05, 0.1) is 5.02 Å². The Labute approximate surface area is 122 Å². The summed E-state index contributed by atoms with van der Waals surface area (Å²) in [5.41, 5.74) is 1.01. The van der Waals surface area contributed by atoms with Gasteiger partial charge in [0.1, 0.15) is 10.8 Å². The zero-order chi connectivity index (χ0) is 13.7. The number of pyridine rings is 1. The Hall–Kier alpha value is -1.29. The van der Waals surface area contributed by atoms with E-state index < -0.39 is 0 Å². The number of hydrogen-bond donors (Lipinski definition) is 1. The zero-order valence-corrected chi connectivity index (χ0v) is 12.0. The molecule has 3 nitrogen and oxygen atoms in total. The van der Waals surface area contributed by atoms with E-state index in [0.29, 0.717) is 21.7 Å². The molecule has 0 saturated heterocycles. The predicted octanol–water partition coefficient (Wildman–Crippen LogP) is 4.29. The van der Waals surface area contributed by atoms with Crippen molar-refractivity contribution in [3.05, 3.63) is 52.1 Å². The number of nitrogens with zero attached hydrogens (tertiary/aromatic N) is 1. The van der Waals surface area contributed by atoms with Crippen LogP contribution in [0.3, 0.4) is 0 Å². The van der Waals surface area contributed by atoms with Gasteiger partial charge >= 0.3 is 0 Å². The number of aromatic nitrogens is 1. The van der Waals surface area contributed by atoms with Crippen molar-refractivity contribution in [2.45, 2.75) is 13.5 Å². The van der Waals surface area contributed by atoms with Crippen LogP contribution < -0.4 is 10.1 Å². The molecule has 1 heterocycles. The number of halogens is 2. The maximum atomic E-state index is 6.15. The molecular weight excluding hydrogens is 283 g/mol. The van der Waals surface area contributed by atoms with Crippen molar-refractivity contribution in [2.24, 2.45) is 0 Å². The smallest absolute Gasteiger partial charge is 0.238 e. The van der Waals surface area contributed by atoms with Gasteiger partial charge in [0.15, 0.2) is 0 Å². The van der Waals surface area contributed by atoms with Crippen molar-refractivity contribution in [3.8, 4) is 11.6 Å². The molecule has 0 amide bonds. The molecule has 1 aromatic carbocycles. The second kappa shape index (κ2) is 6.75. The molecule has 0 spiro atoms. The highest BCUT2D eigenvalue weighted by atomic mass is 35.5. The first-order valence-electron chi connectivity index (χ1n) is 5.98. The van der Waals surface area contributed by atoms with Crippen molar-refractivity contribution in [2.75, 3.05) is 6.54 Å². The third-order valence-electron chi connectivity index (χ3n) is 2.49. The summed E-state index contributed by atoms with van der Waals surface area (Å²) in [6.45, 7) is 3.68. The van der Waals surface area contributed by atoms with Crippen molar-refractivity contribution in [1.82, 2.24) is 10.3 Å².